The van der Waals surface area contributed by atoms with Gasteiger partial charge < -0.3 is 0 Å². The van der Waals surface area contributed by atoms with Crippen LogP contribution in [0.5, 0.6) is 0 Å². The Kier molecular flexibility index (Phi) is 1.81. The largest absolute Gasteiger partial charge is 0.269 e. The van der Waals surface area contributed by atoms with Crippen molar-refractivity contribution >= 4 is 17.2 Å². The Morgan fingerprint density at radius 3 is 3.00 bits per heavy atom. The highest BCUT2D eigenvalue weighted by atomic mass is 35.5. The number of rotatable bonds is 0. The topological polar surface area (TPSA) is 34.4 Å². The number of nitrogens with zero attached hydrogens (tertiary/aromatic N) is 2. The molecule has 2 heterocycles. The van der Waals surface area contributed by atoms with Crippen LogP contribution in [0.3, 0.4) is 0 Å². The maximum Gasteiger partial charge on any atom is 0.262 e. The van der Waals surface area contributed by atoms with Gasteiger partial charge in [0, 0.05) is 6.20 Å². The zero-order chi connectivity index (χ0) is 9.42. The summed E-state index contributed by atoms with van der Waals surface area (Å²) in [6.07, 6.45) is 1.67. The number of hydrogen-bond donors (Lipinski definition) is 0. The van der Waals surface area contributed by atoms with E-state index in [4.69, 9.17) is 11.6 Å². The van der Waals surface area contributed by atoms with Crippen LogP contribution in [-0.2, 0) is 0 Å². The maximum atomic E-state index is 11.6. The highest BCUT2D eigenvalue weighted by Crippen LogP contribution is 2.08. The summed E-state index contributed by atoms with van der Waals surface area (Å²) >= 11 is 5.77. The highest BCUT2D eigenvalue weighted by molar-refractivity contribution is 6.30. The second-order valence-corrected chi connectivity index (χ2v) is 3.12. The van der Waals surface area contributed by atoms with Crippen molar-refractivity contribution in [3.8, 4) is 0 Å². The molecule has 0 radical (unpaired) electrons. The first-order chi connectivity index (χ1) is 6.20. The van der Waals surface area contributed by atoms with Gasteiger partial charge in [0.15, 0.2) is 0 Å². The van der Waals surface area contributed by atoms with Crippen molar-refractivity contribution in [2.24, 2.45) is 0 Å². The van der Waals surface area contributed by atoms with Gasteiger partial charge in [0.05, 0.1) is 5.56 Å². The Morgan fingerprint density at radius 1 is 1.46 bits per heavy atom. The van der Waals surface area contributed by atoms with Crippen LogP contribution in [0.2, 0.25) is 5.15 Å². The summed E-state index contributed by atoms with van der Waals surface area (Å²) in [4.78, 5) is 15.7. The number of halogens is 1. The van der Waals surface area contributed by atoms with E-state index in [9.17, 15) is 4.79 Å². The predicted molar refractivity (Wildman–Crippen MR) is 51.2 cm³/mol. The van der Waals surface area contributed by atoms with Gasteiger partial charge in [0.25, 0.3) is 5.56 Å². The molecule has 0 spiro atoms. The molecule has 2 aromatic heterocycles. The molecule has 0 aliphatic rings. The van der Waals surface area contributed by atoms with Gasteiger partial charge in [-0.3, -0.25) is 9.20 Å². The minimum Gasteiger partial charge on any atom is -0.269 e. The lowest BCUT2D eigenvalue weighted by Crippen LogP contribution is -2.17. The molecule has 0 fully saturated rings. The summed E-state index contributed by atoms with van der Waals surface area (Å²) in [5.41, 5.74) is 0.934. The molecule has 3 nitrogen and oxygen atoms in total. The average Bonchev–Trinajstić information content (AvgIpc) is 2.15. The molecule has 0 atom stereocenters. The van der Waals surface area contributed by atoms with Crippen molar-refractivity contribution in [1.29, 1.82) is 0 Å². The number of fused-ring (bicyclic) bond motifs is 1. The highest BCUT2D eigenvalue weighted by Gasteiger charge is 2.04. The standard InChI is InChI=1S/C9H7ClN2O/c1-6-8(10)11-7-4-2-3-5-12(7)9(6)13/h2-5H,1H3. The van der Waals surface area contributed by atoms with Crippen LogP contribution >= 0.6 is 11.6 Å². The van der Waals surface area contributed by atoms with E-state index >= 15 is 0 Å². The van der Waals surface area contributed by atoms with Gasteiger partial charge >= 0.3 is 0 Å². The van der Waals surface area contributed by atoms with Crippen LogP contribution in [-0.4, -0.2) is 9.38 Å². The number of aromatic nitrogens is 2. The molecule has 0 amide bonds. The van der Waals surface area contributed by atoms with E-state index in [0.29, 0.717) is 11.2 Å². The zero-order valence-electron chi connectivity index (χ0n) is 6.99. The fraction of sp³-hybridized carbons (Fsp3) is 0.111. The monoisotopic (exact) mass is 194 g/mol. The van der Waals surface area contributed by atoms with E-state index in [-0.39, 0.29) is 10.7 Å². The third-order valence-electron chi connectivity index (χ3n) is 1.90. The summed E-state index contributed by atoms with van der Waals surface area (Å²) in [5.74, 6) is 0. The van der Waals surface area contributed by atoms with E-state index in [0.717, 1.165) is 0 Å². The SMILES string of the molecule is Cc1c(Cl)nc2ccccn2c1=O. The molecular weight excluding hydrogens is 188 g/mol. The van der Waals surface area contributed by atoms with Gasteiger partial charge in [-0.05, 0) is 19.1 Å². The molecule has 0 saturated carbocycles. The van der Waals surface area contributed by atoms with E-state index < -0.39 is 0 Å². The predicted octanol–water partition coefficient (Wildman–Crippen LogP) is 1.66. The van der Waals surface area contributed by atoms with Gasteiger partial charge in [-0.1, -0.05) is 17.7 Å². The van der Waals surface area contributed by atoms with Crippen LogP contribution < -0.4 is 5.56 Å². The molecule has 0 aliphatic carbocycles. The lowest BCUT2D eigenvalue weighted by molar-refractivity contribution is 1.02. The quantitative estimate of drug-likeness (QED) is 0.598. The Hall–Kier alpha value is -1.35. The zero-order valence-corrected chi connectivity index (χ0v) is 7.75. The normalized spacial score (nSPS) is 10.6. The Balaban J connectivity index is 3.03. The van der Waals surface area contributed by atoms with Crippen molar-refractivity contribution in [2.75, 3.05) is 0 Å². The summed E-state index contributed by atoms with van der Waals surface area (Å²) in [5, 5.41) is 0.274. The summed E-state index contributed by atoms with van der Waals surface area (Å²) in [6.45, 7) is 1.66. The number of hydrogen-bond acceptors (Lipinski definition) is 2. The van der Waals surface area contributed by atoms with Crippen LogP contribution in [0.25, 0.3) is 5.65 Å². The van der Waals surface area contributed by atoms with E-state index in [1.165, 1.54) is 4.40 Å². The molecule has 2 rings (SSSR count). The molecule has 0 unspecified atom stereocenters. The van der Waals surface area contributed by atoms with E-state index in [1.54, 1.807) is 25.3 Å². The van der Waals surface area contributed by atoms with Crippen LogP contribution in [0, 0.1) is 6.92 Å². The van der Waals surface area contributed by atoms with Gasteiger partial charge in [-0.2, -0.15) is 0 Å². The van der Waals surface area contributed by atoms with Crippen LogP contribution in [0.4, 0.5) is 0 Å². The summed E-state index contributed by atoms with van der Waals surface area (Å²) in [6, 6.07) is 5.34. The molecule has 0 bridgehead atoms. The van der Waals surface area contributed by atoms with Gasteiger partial charge in [-0.15, -0.1) is 0 Å². The second-order valence-electron chi connectivity index (χ2n) is 2.76. The molecule has 0 N–H and O–H groups in total. The number of pyridine rings is 1. The first kappa shape index (κ1) is 8.26. The molecule has 13 heavy (non-hydrogen) atoms. The average molecular weight is 195 g/mol. The van der Waals surface area contributed by atoms with Crippen molar-refractivity contribution in [2.45, 2.75) is 6.92 Å². The molecule has 4 heteroatoms. The van der Waals surface area contributed by atoms with Crippen LogP contribution in [0.15, 0.2) is 29.2 Å². The van der Waals surface area contributed by atoms with Gasteiger partial charge in [-0.25, -0.2) is 4.98 Å². The van der Waals surface area contributed by atoms with E-state index in [1.807, 2.05) is 6.07 Å². The van der Waals surface area contributed by atoms with Crippen molar-refractivity contribution < 1.29 is 0 Å². The summed E-state index contributed by atoms with van der Waals surface area (Å²) < 4.78 is 1.47. The fourth-order valence-electron chi connectivity index (χ4n) is 1.15. The van der Waals surface area contributed by atoms with E-state index in [2.05, 4.69) is 4.98 Å². The van der Waals surface area contributed by atoms with Gasteiger partial charge in [0.2, 0.25) is 0 Å². The first-order valence-corrected chi connectivity index (χ1v) is 4.21. The molecule has 66 valence electrons. The first-order valence-electron chi connectivity index (χ1n) is 3.83. The Morgan fingerprint density at radius 2 is 2.23 bits per heavy atom. The molecule has 0 aromatic carbocycles. The molecule has 0 aliphatic heterocycles. The molecule has 2 aromatic rings. The lowest BCUT2D eigenvalue weighted by Gasteiger charge is -2.01. The lowest BCUT2D eigenvalue weighted by atomic mass is 10.3. The Bertz CT molecular complexity index is 518. The van der Waals surface area contributed by atoms with Crippen molar-refractivity contribution in [3.05, 3.63) is 45.5 Å². The minimum absolute atomic E-state index is 0.115. The molecule has 0 saturated heterocycles. The minimum atomic E-state index is -0.115. The third kappa shape index (κ3) is 1.21. The Labute approximate surface area is 79.6 Å². The van der Waals surface area contributed by atoms with Crippen molar-refractivity contribution in [3.63, 3.8) is 0 Å². The summed E-state index contributed by atoms with van der Waals surface area (Å²) in [7, 11) is 0. The van der Waals surface area contributed by atoms with Crippen molar-refractivity contribution in [1.82, 2.24) is 9.38 Å². The fourth-order valence-corrected chi connectivity index (χ4v) is 1.32. The van der Waals surface area contributed by atoms with Crippen LogP contribution in [0.1, 0.15) is 5.56 Å². The maximum absolute atomic E-state index is 11.6. The third-order valence-corrected chi connectivity index (χ3v) is 2.27. The molecular formula is C9H7ClN2O. The smallest absolute Gasteiger partial charge is 0.262 e. The second kappa shape index (κ2) is 2.85. The van der Waals surface area contributed by atoms with Gasteiger partial charge in [0.1, 0.15) is 10.8 Å².